The Kier molecular flexibility index (Phi) is 5.88. The highest BCUT2D eigenvalue weighted by Gasteiger charge is 2.18. The minimum Gasteiger partial charge on any atom is -0.465 e. The van der Waals surface area contributed by atoms with Gasteiger partial charge in [0.2, 0.25) is 5.91 Å². The average molecular weight is 313 g/mol. The van der Waals surface area contributed by atoms with Crippen molar-refractivity contribution in [2.24, 2.45) is 5.92 Å². The zero-order valence-corrected chi connectivity index (χ0v) is 12.9. The van der Waals surface area contributed by atoms with Crippen molar-refractivity contribution < 1.29 is 19.4 Å². The molecule has 1 atom stereocenters. The third-order valence-electron chi connectivity index (χ3n) is 3.49. The quantitative estimate of drug-likeness (QED) is 0.802. The predicted molar refractivity (Wildman–Crippen MR) is 87.1 cm³/mol. The molecule has 5 heteroatoms. The van der Waals surface area contributed by atoms with Crippen LogP contribution in [0.25, 0.3) is 0 Å². The Labute approximate surface area is 134 Å². The molecule has 1 amide bonds. The molecule has 120 valence electrons. The van der Waals surface area contributed by atoms with Crippen molar-refractivity contribution in [3.63, 3.8) is 0 Å². The highest BCUT2D eigenvalue weighted by Crippen LogP contribution is 2.14. The lowest BCUT2D eigenvalue weighted by Gasteiger charge is -2.14. The van der Waals surface area contributed by atoms with Crippen LogP contribution in [0.1, 0.15) is 15.9 Å². The highest BCUT2D eigenvalue weighted by atomic mass is 16.5. The SMILES string of the molecule is COC(=O)c1ccc(NC(=O)C(CO)Cc2ccccc2)cc1. The Balaban J connectivity index is 2.00. The number of esters is 1. The lowest BCUT2D eigenvalue weighted by molar-refractivity contribution is -0.121. The van der Waals surface area contributed by atoms with Gasteiger partial charge in [0.05, 0.1) is 25.2 Å². The van der Waals surface area contributed by atoms with Crippen LogP contribution < -0.4 is 5.32 Å². The second kappa shape index (κ2) is 8.10. The molecule has 0 saturated heterocycles. The van der Waals surface area contributed by atoms with Gasteiger partial charge in [-0.25, -0.2) is 4.79 Å². The van der Waals surface area contributed by atoms with E-state index in [4.69, 9.17) is 0 Å². The number of rotatable bonds is 6. The van der Waals surface area contributed by atoms with Crippen LogP contribution in [0.3, 0.4) is 0 Å². The molecule has 2 rings (SSSR count). The number of methoxy groups -OCH3 is 1. The van der Waals surface area contributed by atoms with Crippen molar-refractivity contribution >= 4 is 17.6 Å². The first kappa shape index (κ1) is 16.7. The molecule has 0 aromatic heterocycles. The minimum atomic E-state index is -0.530. The number of aliphatic hydroxyl groups is 1. The number of carbonyl (C=O) groups is 2. The summed E-state index contributed by atoms with van der Waals surface area (Å²) in [6.07, 6.45) is 0.462. The van der Waals surface area contributed by atoms with Crippen molar-refractivity contribution in [3.8, 4) is 0 Å². The molecule has 1 unspecified atom stereocenters. The van der Waals surface area contributed by atoms with E-state index >= 15 is 0 Å². The van der Waals surface area contributed by atoms with Gasteiger partial charge in [0, 0.05) is 5.69 Å². The molecule has 0 aliphatic heterocycles. The zero-order valence-electron chi connectivity index (χ0n) is 12.9. The fourth-order valence-electron chi connectivity index (χ4n) is 2.19. The zero-order chi connectivity index (χ0) is 16.7. The van der Waals surface area contributed by atoms with E-state index in [0.29, 0.717) is 17.7 Å². The Morgan fingerprint density at radius 1 is 1.09 bits per heavy atom. The summed E-state index contributed by atoms with van der Waals surface area (Å²) in [5, 5.41) is 12.2. The molecule has 0 bridgehead atoms. The van der Waals surface area contributed by atoms with Gasteiger partial charge in [0.1, 0.15) is 0 Å². The summed E-state index contributed by atoms with van der Waals surface area (Å²) in [6.45, 7) is -0.235. The van der Waals surface area contributed by atoms with Crippen LogP contribution in [0, 0.1) is 5.92 Å². The molecule has 2 N–H and O–H groups in total. The second-order valence-electron chi connectivity index (χ2n) is 5.13. The first-order valence-electron chi connectivity index (χ1n) is 7.28. The van der Waals surface area contributed by atoms with Crippen molar-refractivity contribution in [1.82, 2.24) is 0 Å². The van der Waals surface area contributed by atoms with E-state index in [1.165, 1.54) is 7.11 Å². The minimum absolute atomic E-state index is 0.235. The van der Waals surface area contributed by atoms with E-state index < -0.39 is 11.9 Å². The second-order valence-corrected chi connectivity index (χ2v) is 5.13. The van der Waals surface area contributed by atoms with Gasteiger partial charge in [0.25, 0.3) is 0 Å². The Hall–Kier alpha value is -2.66. The van der Waals surface area contributed by atoms with Gasteiger partial charge in [-0.1, -0.05) is 30.3 Å². The molecule has 0 fully saturated rings. The number of amides is 1. The molecular weight excluding hydrogens is 294 g/mol. The molecular formula is C18H19NO4. The van der Waals surface area contributed by atoms with Gasteiger partial charge in [-0.3, -0.25) is 4.79 Å². The van der Waals surface area contributed by atoms with Gasteiger partial charge in [0.15, 0.2) is 0 Å². The summed E-state index contributed by atoms with van der Waals surface area (Å²) >= 11 is 0. The fourth-order valence-corrected chi connectivity index (χ4v) is 2.19. The number of anilines is 1. The Morgan fingerprint density at radius 2 is 1.74 bits per heavy atom. The van der Waals surface area contributed by atoms with Crippen LogP contribution in [0.4, 0.5) is 5.69 Å². The van der Waals surface area contributed by atoms with Crippen LogP contribution in [-0.2, 0) is 16.0 Å². The predicted octanol–water partition coefficient (Wildman–Crippen LogP) is 2.26. The van der Waals surface area contributed by atoms with Crippen molar-refractivity contribution in [2.45, 2.75) is 6.42 Å². The summed E-state index contributed by atoms with van der Waals surface area (Å²) in [5.74, 6) is -1.22. The maximum Gasteiger partial charge on any atom is 0.337 e. The summed E-state index contributed by atoms with van der Waals surface area (Å²) in [6, 6.07) is 15.9. The van der Waals surface area contributed by atoms with Crippen LogP contribution in [0.15, 0.2) is 54.6 Å². The molecule has 5 nitrogen and oxygen atoms in total. The molecule has 2 aromatic rings. The normalized spacial score (nSPS) is 11.6. The third-order valence-corrected chi connectivity index (χ3v) is 3.49. The van der Waals surface area contributed by atoms with Gasteiger partial charge in [-0.05, 0) is 36.2 Å². The standard InChI is InChI=1S/C18H19NO4/c1-23-18(22)14-7-9-16(10-8-14)19-17(21)15(12-20)11-13-5-3-2-4-6-13/h2-10,15,20H,11-12H2,1H3,(H,19,21). The Bertz CT molecular complexity index is 652. The first-order chi connectivity index (χ1) is 11.1. The van der Waals surface area contributed by atoms with E-state index in [1.807, 2.05) is 30.3 Å². The lowest BCUT2D eigenvalue weighted by atomic mass is 9.99. The molecule has 23 heavy (non-hydrogen) atoms. The summed E-state index contributed by atoms with van der Waals surface area (Å²) in [4.78, 5) is 23.6. The number of hydrogen-bond donors (Lipinski definition) is 2. The number of hydrogen-bond acceptors (Lipinski definition) is 4. The van der Waals surface area contributed by atoms with E-state index in [2.05, 4.69) is 10.1 Å². The molecule has 0 heterocycles. The number of nitrogens with one attached hydrogen (secondary N) is 1. The van der Waals surface area contributed by atoms with E-state index in [9.17, 15) is 14.7 Å². The van der Waals surface area contributed by atoms with Crippen LogP contribution >= 0.6 is 0 Å². The third kappa shape index (κ3) is 4.66. The molecule has 0 radical (unpaired) electrons. The number of aliphatic hydroxyl groups excluding tert-OH is 1. The molecule has 2 aromatic carbocycles. The molecule has 0 aliphatic rings. The first-order valence-corrected chi connectivity index (χ1v) is 7.28. The lowest BCUT2D eigenvalue weighted by Crippen LogP contribution is -2.27. The number of ether oxygens (including phenoxy) is 1. The highest BCUT2D eigenvalue weighted by molar-refractivity contribution is 5.94. The maximum absolute atomic E-state index is 12.3. The van der Waals surface area contributed by atoms with E-state index in [0.717, 1.165) is 5.56 Å². The van der Waals surface area contributed by atoms with Crippen molar-refractivity contribution in [1.29, 1.82) is 0 Å². The smallest absolute Gasteiger partial charge is 0.337 e. The van der Waals surface area contributed by atoms with Gasteiger partial charge in [-0.2, -0.15) is 0 Å². The monoisotopic (exact) mass is 313 g/mol. The van der Waals surface area contributed by atoms with Crippen LogP contribution in [-0.4, -0.2) is 30.7 Å². The Morgan fingerprint density at radius 3 is 2.30 bits per heavy atom. The largest absolute Gasteiger partial charge is 0.465 e. The van der Waals surface area contributed by atoms with Crippen LogP contribution in [0.2, 0.25) is 0 Å². The molecule has 0 spiro atoms. The van der Waals surface area contributed by atoms with Gasteiger partial charge < -0.3 is 15.2 Å². The summed E-state index contributed by atoms with van der Waals surface area (Å²) in [7, 11) is 1.31. The molecule has 0 saturated carbocycles. The average Bonchev–Trinajstić information content (AvgIpc) is 2.60. The number of carbonyl (C=O) groups excluding carboxylic acids is 2. The van der Waals surface area contributed by atoms with E-state index in [1.54, 1.807) is 24.3 Å². The fraction of sp³-hybridized carbons (Fsp3) is 0.222. The summed E-state index contributed by atoms with van der Waals surface area (Å²) < 4.78 is 4.62. The van der Waals surface area contributed by atoms with Crippen LogP contribution in [0.5, 0.6) is 0 Å². The van der Waals surface area contributed by atoms with E-state index in [-0.39, 0.29) is 12.5 Å². The molecule has 0 aliphatic carbocycles. The van der Waals surface area contributed by atoms with Gasteiger partial charge >= 0.3 is 5.97 Å². The maximum atomic E-state index is 12.3. The van der Waals surface area contributed by atoms with Crippen molar-refractivity contribution in [3.05, 3.63) is 65.7 Å². The summed E-state index contributed by atoms with van der Waals surface area (Å²) in [5.41, 5.74) is 1.96. The van der Waals surface area contributed by atoms with Gasteiger partial charge in [-0.15, -0.1) is 0 Å². The topological polar surface area (TPSA) is 75.6 Å². The number of benzene rings is 2. The van der Waals surface area contributed by atoms with Crippen molar-refractivity contribution in [2.75, 3.05) is 19.0 Å².